The second kappa shape index (κ2) is 7.42. The van der Waals surface area contributed by atoms with Crippen molar-refractivity contribution in [2.45, 2.75) is 51.1 Å². The highest BCUT2D eigenvalue weighted by molar-refractivity contribution is 5.77. The molecule has 0 saturated heterocycles. The van der Waals surface area contributed by atoms with Gasteiger partial charge in [0.15, 0.2) is 0 Å². The summed E-state index contributed by atoms with van der Waals surface area (Å²) in [5.41, 5.74) is 8.84. The molecule has 0 amide bonds. The number of rotatable bonds is 4. The van der Waals surface area contributed by atoms with Gasteiger partial charge in [-0.2, -0.15) is 0 Å². The first-order valence-electron chi connectivity index (χ1n) is 9.53. The summed E-state index contributed by atoms with van der Waals surface area (Å²) in [5, 5.41) is 0.696. The zero-order chi connectivity index (χ0) is 17.9. The van der Waals surface area contributed by atoms with Crippen LogP contribution < -0.4 is 11.3 Å². The Balaban J connectivity index is 1.84. The summed E-state index contributed by atoms with van der Waals surface area (Å²) >= 11 is 0. The molecule has 134 valence electrons. The molecule has 0 atom stereocenters. The second-order valence-electron chi connectivity index (χ2n) is 7.24. The number of benzene rings is 2. The Bertz CT molecular complexity index is 971. The second-order valence-corrected chi connectivity index (χ2v) is 7.24. The van der Waals surface area contributed by atoms with Gasteiger partial charge in [-0.05, 0) is 36.1 Å². The van der Waals surface area contributed by atoms with Crippen molar-refractivity contribution in [1.29, 1.82) is 0 Å². The van der Waals surface area contributed by atoms with Crippen LogP contribution in [0.2, 0.25) is 0 Å². The summed E-state index contributed by atoms with van der Waals surface area (Å²) in [7, 11) is 0. The van der Waals surface area contributed by atoms with Gasteiger partial charge in [0.05, 0.1) is 17.4 Å². The smallest absolute Gasteiger partial charge is 0.261 e. The molecule has 4 rings (SSSR count). The summed E-state index contributed by atoms with van der Waals surface area (Å²) in [5.74, 6) is 1.32. The van der Waals surface area contributed by atoms with Crippen LogP contribution in [0.25, 0.3) is 10.9 Å². The standard InChI is InChI=1S/C22H25N3O/c23-14-16-7-6-8-17(13-16)15-25-21(18-9-2-1-3-10-18)24-20-12-5-4-11-19(20)22(25)26/h4-8,11-13,18H,1-3,9-10,14-15,23H2. The van der Waals surface area contributed by atoms with Gasteiger partial charge in [-0.1, -0.05) is 55.7 Å². The van der Waals surface area contributed by atoms with Gasteiger partial charge in [-0.25, -0.2) is 4.98 Å². The predicted octanol–water partition coefficient (Wildman–Crippen LogP) is 3.95. The Kier molecular flexibility index (Phi) is 4.85. The van der Waals surface area contributed by atoms with Crippen LogP contribution in [0.3, 0.4) is 0 Å². The van der Waals surface area contributed by atoms with E-state index in [2.05, 4.69) is 12.1 Å². The molecule has 0 unspecified atom stereocenters. The minimum atomic E-state index is 0.0642. The number of hydrogen-bond acceptors (Lipinski definition) is 3. The highest BCUT2D eigenvalue weighted by atomic mass is 16.1. The fraction of sp³-hybridized carbons (Fsp3) is 0.364. The van der Waals surface area contributed by atoms with Crippen LogP contribution in [-0.4, -0.2) is 9.55 Å². The van der Waals surface area contributed by atoms with Crippen molar-refractivity contribution < 1.29 is 0 Å². The molecule has 0 spiro atoms. The molecule has 2 N–H and O–H groups in total. The van der Waals surface area contributed by atoms with E-state index in [9.17, 15) is 4.79 Å². The molecule has 4 nitrogen and oxygen atoms in total. The van der Waals surface area contributed by atoms with E-state index in [1.54, 1.807) is 0 Å². The topological polar surface area (TPSA) is 60.9 Å². The van der Waals surface area contributed by atoms with Crippen LogP contribution in [0.5, 0.6) is 0 Å². The number of para-hydroxylation sites is 1. The third kappa shape index (κ3) is 3.29. The normalized spacial score (nSPS) is 15.4. The maximum Gasteiger partial charge on any atom is 0.261 e. The summed E-state index contributed by atoms with van der Waals surface area (Å²) in [6, 6.07) is 15.9. The largest absolute Gasteiger partial charge is 0.326 e. The van der Waals surface area contributed by atoms with Gasteiger partial charge in [0, 0.05) is 12.5 Å². The molecule has 0 radical (unpaired) electrons. The Morgan fingerprint density at radius 1 is 1.00 bits per heavy atom. The molecule has 1 saturated carbocycles. The molecule has 26 heavy (non-hydrogen) atoms. The summed E-state index contributed by atoms with van der Waals surface area (Å²) < 4.78 is 1.90. The minimum Gasteiger partial charge on any atom is -0.326 e. The number of nitrogens with two attached hydrogens (primary N) is 1. The van der Waals surface area contributed by atoms with Crippen LogP contribution in [-0.2, 0) is 13.1 Å². The molecule has 0 bridgehead atoms. The lowest BCUT2D eigenvalue weighted by Crippen LogP contribution is -2.28. The van der Waals surface area contributed by atoms with Crippen molar-refractivity contribution in [3.63, 3.8) is 0 Å². The zero-order valence-electron chi connectivity index (χ0n) is 15.0. The fourth-order valence-corrected chi connectivity index (χ4v) is 4.05. The SMILES string of the molecule is NCc1cccc(Cn2c(C3CCCCC3)nc3ccccc3c2=O)c1. The Labute approximate surface area is 153 Å². The molecule has 1 heterocycles. The summed E-state index contributed by atoms with van der Waals surface area (Å²) in [6.07, 6.45) is 5.96. The molecule has 1 fully saturated rings. The van der Waals surface area contributed by atoms with Gasteiger partial charge >= 0.3 is 0 Å². The molecule has 1 aromatic heterocycles. The monoisotopic (exact) mass is 347 g/mol. The first kappa shape index (κ1) is 17.0. The van der Waals surface area contributed by atoms with Crippen molar-refractivity contribution in [1.82, 2.24) is 9.55 Å². The highest BCUT2D eigenvalue weighted by Crippen LogP contribution is 2.32. The highest BCUT2D eigenvalue weighted by Gasteiger charge is 2.22. The first-order chi connectivity index (χ1) is 12.8. The van der Waals surface area contributed by atoms with Gasteiger partial charge in [0.25, 0.3) is 5.56 Å². The molecule has 3 aromatic rings. The predicted molar refractivity (Wildman–Crippen MR) is 105 cm³/mol. The number of hydrogen-bond donors (Lipinski definition) is 1. The molecule has 4 heteroatoms. The lowest BCUT2D eigenvalue weighted by Gasteiger charge is -2.24. The average molecular weight is 347 g/mol. The summed E-state index contributed by atoms with van der Waals surface area (Å²) in [6.45, 7) is 1.06. The van der Waals surface area contributed by atoms with Crippen molar-refractivity contribution in [2.75, 3.05) is 0 Å². The van der Waals surface area contributed by atoms with Crippen molar-refractivity contribution in [3.8, 4) is 0 Å². The number of fused-ring (bicyclic) bond motifs is 1. The molecule has 1 aliphatic rings. The van der Waals surface area contributed by atoms with E-state index in [4.69, 9.17) is 10.7 Å². The van der Waals surface area contributed by atoms with Crippen molar-refractivity contribution in [3.05, 3.63) is 75.8 Å². The van der Waals surface area contributed by atoms with Crippen molar-refractivity contribution in [2.24, 2.45) is 5.73 Å². The Morgan fingerprint density at radius 3 is 2.58 bits per heavy atom. The Hall–Kier alpha value is -2.46. The Morgan fingerprint density at radius 2 is 1.77 bits per heavy atom. The van der Waals surface area contributed by atoms with E-state index < -0.39 is 0 Å². The molecular formula is C22H25N3O. The van der Waals surface area contributed by atoms with Crippen LogP contribution >= 0.6 is 0 Å². The molecular weight excluding hydrogens is 322 g/mol. The number of aromatic nitrogens is 2. The van der Waals surface area contributed by atoms with E-state index in [0.29, 0.717) is 24.4 Å². The maximum absolute atomic E-state index is 13.2. The van der Waals surface area contributed by atoms with E-state index in [1.807, 2.05) is 41.0 Å². The van der Waals surface area contributed by atoms with Crippen LogP contribution in [0, 0.1) is 0 Å². The lowest BCUT2D eigenvalue weighted by atomic mass is 9.88. The van der Waals surface area contributed by atoms with E-state index in [-0.39, 0.29) is 5.56 Å². The number of nitrogens with zero attached hydrogens (tertiary/aromatic N) is 2. The van der Waals surface area contributed by atoms with Gasteiger partial charge in [0.2, 0.25) is 0 Å². The molecule has 2 aromatic carbocycles. The van der Waals surface area contributed by atoms with E-state index in [1.165, 1.54) is 19.3 Å². The van der Waals surface area contributed by atoms with Gasteiger partial charge < -0.3 is 5.73 Å². The molecule has 1 aliphatic carbocycles. The third-order valence-electron chi connectivity index (χ3n) is 5.43. The van der Waals surface area contributed by atoms with Gasteiger partial charge in [-0.15, -0.1) is 0 Å². The van der Waals surface area contributed by atoms with Gasteiger partial charge in [-0.3, -0.25) is 9.36 Å². The van der Waals surface area contributed by atoms with E-state index in [0.717, 1.165) is 35.3 Å². The van der Waals surface area contributed by atoms with Crippen LogP contribution in [0.15, 0.2) is 53.3 Å². The quantitative estimate of drug-likeness (QED) is 0.777. The fourth-order valence-electron chi connectivity index (χ4n) is 4.05. The average Bonchev–Trinajstić information content (AvgIpc) is 2.71. The van der Waals surface area contributed by atoms with Crippen LogP contribution in [0.4, 0.5) is 0 Å². The third-order valence-corrected chi connectivity index (χ3v) is 5.43. The lowest BCUT2D eigenvalue weighted by molar-refractivity contribution is 0.413. The molecule has 0 aliphatic heterocycles. The zero-order valence-corrected chi connectivity index (χ0v) is 15.0. The van der Waals surface area contributed by atoms with E-state index >= 15 is 0 Å². The van der Waals surface area contributed by atoms with Gasteiger partial charge in [0.1, 0.15) is 5.82 Å². The maximum atomic E-state index is 13.2. The van der Waals surface area contributed by atoms with Crippen LogP contribution in [0.1, 0.15) is 55.0 Å². The van der Waals surface area contributed by atoms with Crippen molar-refractivity contribution >= 4 is 10.9 Å². The first-order valence-corrected chi connectivity index (χ1v) is 9.53. The summed E-state index contributed by atoms with van der Waals surface area (Å²) in [4.78, 5) is 18.2. The minimum absolute atomic E-state index is 0.0642.